The van der Waals surface area contributed by atoms with Crippen molar-refractivity contribution in [2.45, 2.75) is 20.0 Å². The second kappa shape index (κ2) is 13.5. The van der Waals surface area contributed by atoms with Gasteiger partial charge in [-0.2, -0.15) is 14.7 Å². The third-order valence-electron chi connectivity index (χ3n) is 7.86. The van der Waals surface area contributed by atoms with E-state index >= 15 is 0 Å². The van der Waals surface area contributed by atoms with Gasteiger partial charge in [-0.3, -0.25) is 0 Å². The highest BCUT2D eigenvalue weighted by atomic mass is 32.2. The van der Waals surface area contributed by atoms with Crippen LogP contribution in [0.15, 0.2) is 66.9 Å². The maximum absolute atomic E-state index is 13.5. The van der Waals surface area contributed by atoms with Crippen LogP contribution in [-0.4, -0.2) is 77.9 Å². The van der Waals surface area contributed by atoms with Gasteiger partial charge in [0.25, 0.3) is 0 Å². The second-order valence-corrected chi connectivity index (χ2v) is 13.9. The summed E-state index contributed by atoms with van der Waals surface area (Å²) >= 11 is 1.25. The molecule has 5 aromatic rings. The number of aromatic nitrogens is 4. The predicted octanol–water partition coefficient (Wildman–Crippen LogP) is 4.86. The summed E-state index contributed by atoms with van der Waals surface area (Å²) in [4.78, 5) is 14.1. The Hall–Kier alpha value is -4.42. The van der Waals surface area contributed by atoms with Gasteiger partial charge in [-0.15, -0.1) is 0 Å². The molecule has 0 atom stereocenters. The zero-order valence-corrected chi connectivity index (χ0v) is 27.1. The van der Waals surface area contributed by atoms with E-state index < -0.39 is 10.0 Å². The molecular weight excluding hydrogens is 628 g/mol. The molecule has 0 spiro atoms. The normalized spacial score (nSPS) is 14.1. The van der Waals surface area contributed by atoms with Crippen LogP contribution in [0.25, 0.3) is 16.9 Å². The maximum Gasteiger partial charge on any atom is 0.216 e. The molecule has 238 valence electrons. The van der Waals surface area contributed by atoms with E-state index in [-0.39, 0.29) is 18.2 Å². The van der Waals surface area contributed by atoms with Crippen LogP contribution in [-0.2, 0) is 27.8 Å². The Balaban J connectivity index is 1.17. The largest absolute Gasteiger partial charge is 0.376 e. The van der Waals surface area contributed by atoms with Gasteiger partial charge in [-0.25, -0.2) is 27.3 Å². The number of rotatable bonds is 11. The highest BCUT2D eigenvalue weighted by molar-refractivity contribution is 7.89. The van der Waals surface area contributed by atoms with Gasteiger partial charge in [0.15, 0.2) is 10.8 Å². The van der Waals surface area contributed by atoms with E-state index in [4.69, 9.17) is 19.8 Å². The van der Waals surface area contributed by atoms with Gasteiger partial charge in [-0.1, -0.05) is 48.6 Å². The first-order valence-electron chi connectivity index (χ1n) is 14.9. The van der Waals surface area contributed by atoms with Crippen molar-refractivity contribution in [1.82, 2.24) is 23.9 Å². The first kappa shape index (κ1) is 31.6. The molecule has 0 bridgehead atoms. The molecule has 4 heterocycles. The summed E-state index contributed by atoms with van der Waals surface area (Å²) in [6, 6.07) is 19.7. The molecule has 1 aliphatic rings. The number of anilines is 3. The summed E-state index contributed by atoms with van der Waals surface area (Å²) in [7, 11) is -1.59. The van der Waals surface area contributed by atoms with E-state index in [1.165, 1.54) is 27.8 Å². The summed E-state index contributed by atoms with van der Waals surface area (Å²) in [5, 5.41) is 15.2. The second-order valence-electron chi connectivity index (χ2n) is 10.8. The smallest absolute Gasteiger partial charge is 0.216 e. The van der Waals surface area contributed by atoms with E-state index in [0.717, 1.165) is 22.8 Å². The predicted molar refractivity (Wildman–Crippen MR) is 176 cm³/mol. The summed E-state index contributed by atoms with van der Waals surface area (Å²) in [6.07, 6.45) is 2.50. The van der Waals surface area contributed by atoms with Crippen LogP contribution in [0.5, 0.6) is 0 Å². The molecule has 14 heteroatoms. The number of sulfonamides is 1. The van der Waals surface area contributed by atoms with E-state index in [0.29, 0.717) is 66.1 Å². The molecule has 3 aromatic heterocycles. The summed E-state index contributed by atoms with van der Waals surface area (Å²) in [5.74, 6) is 0.294. The van der Waals surface area contributed by atoms with Crippen molar-refractivity contribution < 1.29 is 17.5 Å². The minimum atomic E-state index is -3.46. The Morgan fingerprint density at radius 3 is 2.48 bits per heavy atom. The molecule has 1 fully saturated rings. The average molecular weight is 661 g/mol. The van der Waals surface area contributed by atoms with Crippen LogP contribution in [0.3, 0.4) is 0 Å². The number of piperazine rings is 1. The standard InChI is InChI=1S/C32H33FN8O3S2/c1-3-26-30(38(2)32-36-29(27(21-34)45-32)24-9-11-25(33)12-10-24)31-35-28(13-14-41(31)37-26)39-15-17-40(18-16-39)46(42,43)20-19-44-22-23-7-5-4-6-8-23/h4-14H,3,15-20,22H2,1-2H3. The van der Waals surface area contributed by atoms with Crippen molar-refractivity contribution in [2.24, 2.45) is 0 Å². The number of fused-ring (bicyclic) bond motifs is 1. The molecule has 1 saturated heterocycles. The number of benzene rings is 2. The van der Waals surface area contributed by atoms with Crippen molar-refractivity contribution in [1.29, 1.82) is 5.26 Å². The Morgan fingerprint density at radius 1 is 1.04 bits per heavy atom. The number of thiazole rings is 1. The lowest BCUT2D eigenvalue weighted by atomic mass is 10.1. The summed E-state index contributed by atoms with van der Waals surface area (Å²) < 4.78 is 48.4. The highest BCUT2D eigenvalue weighted by Crippen LogP contribution is 2.38. The minimum absolute atomic E-state index is 0.0670. The first-order chi connectivity index (χ1) is 22.3. The van der Waals surface area contributed by atoms with E-state index in [1.807, 2.05) is 61.5 Å². The fourth-order valence-electron chi connectivity index (χ4n) is 5.39. The van der Waals surface area contributed by atoms with Gasteiger partial charge in [0.2, 0.25) is 10.0 Å². The average Bonchev–Trinajstić information content (AvgIpc) is 3.69. The number of nitriles is 1. The molecule has 6 rings (SSSR count). The molecule has 1 aliphatic heterocycles. The Bertz CT molecular complexity index is 1970. The van der Waals surface area contributed by atoms with Crippen molar-refractivity contribution in [3.8, 4) is 17.3 Å². The van der Waals surface area contributed by atoms with Gasteiger partial charge < -0.3 is 14.5 Å². The van der Waals surface area contributed by atoms with Crippen LogP contribution in [0.1, 0.15) is 23.1 Å². The van der Waals surface area contributed by atoms with Crippen LogP contribution in [0, 0.1) is 17.1 Å². The molecule has 0 saturated carbocycles. The third kappa shape index (κ3) is 6.59. The molecule has 11 nitrogen and oxygen atoms in total. The zero-order valence-electron chi connectivity index (χ0n) is 25.5. The Labute approximate surface area is 271 Å². The van der Waals surface area contributed by atoms with Crippen molar-refractivity contribution >= 4 is 43.6 Å². The summed E-state index contributed by atoms with van der Waals surface area (Å²) in [6.45, 7) is 4.20. The lowest BCUT2D eigenvalue weighted by molar-refractivity contribution is 0.134. The fourth-order valence-corrected chi connectivity index (χ4v) is 7.55. The monoisotopic (exact) mass is 660 g/mol. The molecule has 0 amide bonds. The molecular formula is C32H33FN8O3S2. The van der Waals surface area contributed by atoms with Crippen LogP contribution >= 0.6 is 11.3 Å². The number of ether oxygens (including phenoxy) is 1. The first-order valence-corrected chi connectivity index (χ1v) is 17.3. The Morgan fingerprint density at radius 2 is 1.78 bits per heavy atom. The highest BCUT2D eigenvalue weighted by Gasteiger charge is 2.28. The van der Waals surface area contributed by atoms with Gasteiger partial charge in [0.1, 0.15) is 34.0 Å². The number of aryl methyl sites for hydroxylation is 1. The molecule has 2 aromatic carbocycles. The SMILES string of the molecule is CCc1nn2ccc(N3CCN(S(=O)(=O)CCOCc4ccccc4)CC3)nc2c1N(C)c1nc(-c2ccc(F)cc2)c(C#N)s1. The summed E-state index contributed by atoms with van der Waals surface area (Å²) in [5.41, 5.74) is 4.36. The molecule has 0 aliphatic carbocycles. The van der Waals surface area contributed by atoms with Crippen molar-refractivity contribution in [2.75, 3.05) is 55.4 Å². The zero-order chi connectivity index (χ0) is 32.3. The van der Waals surface area contributed by atoms with Gasteiger partial charge in [0.05, 0.1) is 24.7 Å². The van der Waals surface area contributed by atoms with E-state index in [9.17, 15) is 18.1 Å². The molecule has 0 radical (unpaired) electrons. The maximum atomic E-state index is 13.5. The fraction of sp³-hybridized carbons (Fsp3) is 0.312. The van der Waals surface area contributed by atoms with Crippen molar-refractivity contribution in [3.05, 3.63) is 88.8 Å². The van der Waals surface area contributed by atoms with Gasteiger partial charge >= 0.3 is 0 Å². The number of halogens is 1. The van der Waals surface area contributed by atoms with Crippen LogP contribution in [0.2, 0.25) is 0 Å². The molecule has 0 unspecified atom stereocenters. The van der Waals surface area contributed by atoms with Crippen LogP contribution in [0.4, 0.5) is 21.0 Å². The van der Waals surface area contributed by atoms with Gasteiger partial charge in [0, 0.05) is 45.0 Å². The minimum Gasteiger partial charge on any atom is -0.376 e. The lowest BCUT2D eigenvalue weighted by Crippen LogP contribution is -2.49. The topological polar surface area (TPSA) is 120 Å². The van der Waals surface area contributed by atoms with Crippen LogP contribution < -0.4 is 9.80 Å². The van der Waals surface area contributed by atoms with E-state index in [1.54, 1.807) is 16.6 Å². The molecule has 0 N–H and O–H groups in total. The van der Waals surface area contributed by atoms with Gasteiger partial charge in [-0.05, 0) is 42.3 Å². The van der Waals surface area contributed by atoms with Crippen molar-refractivity contribution in [3.63, 3.8) is 0 Å². The quantitative estimate of drug-likeness (QED) is 0.183. The number of nitrogens with zero attached hydrogens (tertiary/aromatic N) is 8. The Kier molecular flexibility index (Phi) is 9.27. The third-order valence-corrected chi connectivity index (χ3v) is 10.7. The molecule has 46 heavy (non-hydrogen) atoms. The number of hydrogen-bond acceptors (Lipinski definition) is 10. The lowest BCUT2D eigenvalue weighted by Gasteiger charge is -2.34. The van der Waals surface area contributed by atoms with E-state index in [2.05, 4.69) is 11.0 Å². The number of hydrogen-bond donors (Lipinski definition) is 0.